The number of halogens is 2. The van der Waals surface area contributed by atoms with Crippen LogP contribution in [0.15, 0.2) is 18.2 Å². The van der Waals surface area contributed by atoms with Gasteiger partial charge in [-0.05, 0) is 95.8 Å². The van der Waals surface area contributed by atoms with Gasteiger partial charge in [-0.15, -0.1) is 0 Å². The first-order valence-electron chi connectivity index (χ1n) is 17.5. The summed E-state index contributed by atoms with van der Waals surface area (Å²) >= 11 is 0. The molecule has 48 heavy (non-hydrogen) atoms. The number of hydrogen-bond donors (Lipinski definition) is 3. The molecule has 1 aliphatic heterocycles. The Bertz CT molecular complexity index is 1470. The number of amides is 3. The second-order valence-corrected chi connectivity index (χ2v) is 14.6. The van der Waals surface area contributed by atoms with Crippen molar-refractivity contribution in [3.05, 3.63) is 29.7 Å². The molecule has 10 nitrogen and oxygen atoms in total. The van der Waals surface area contributed by atoms with E-state index in [1.807, 2.05) is 0 Å². The van der Waals surface area contributed by atoms with Crippen molar-refractivity contribution in [3.63, 3.8) is 0 Å². The first-order chi connectivity index (χ1) is 22.9. The van der Waals surface area contributed by atoms with Gasteiger partial charge in [-0.25, -0.2) is 18.4 Å². The van der Waals surface area contributed by atoms with Crippen LogP contribution >= 0.6 is 0 Å². The minimum Gasteiger partial charge on any atom is -0.461 e. The van der Waals surface area contributed by atoms with Gasteiger partial charge in [0.2, 0.25) is 11.8 Å². The number of aromatic nitrogens is 1. The topological polar surface area (TPSA) is 130 Å². The van der Waals surface area contributed by atoms with Gasteiger partial charge in [0.25, 0.3) is 0 Å². The van der Waals surface area contributed by atoms with E-state index in [1.54, 1.807) is 44.7 Å². The lowest BCUT2D eigenvalue weighted by Gasteiger charge is -2.37. The van der Waals surface area contributed by atoms with Crippen LogP contribution < -0.4 is 10.6 Å². The smallest absolute Gasteiger partial charge is 0.407 e. The normalized spacial score (nSPS) is 24.2. The van der Waals surface area contributed by atoms with E-state index in [2.05, 4.69) is 15.6 Å². The number of carbonyl (C=O) groups excluding carboxylic acids is 4. The molecule has 3 amide bonds. The maximum atomic E-state index is 15.2. The number of esters is 1. The maximum absolute atomic E-state index is 15.2. The Labute approximate surface area is 281 Å². The number of aromatic amines is 1. The first-order valence-corrected chi connectivity index (χ1v) is 17.5. The first kappa shape index (κ1) is 35.6. The molecular formula is C36H50F2N4O6. The molecule has 3 fully saturated rings. The van der Waals surface area contributed by atoms with E-state index in [4.69, 9.17) is 9.47 Å². The van der Waals surface area contributed by atoms with Crippen LogP contribution in [-0.4, -0.2) is 71.3 Å². The summed E-state index contributed by atoms with van der Waals surface area (Å²) in [4.78, 5) is 57.2. The summed E-state index contributed by atoms with van der Waals surface area (Å²) in [5, 5.41) is 5.79. The monoisotopic (exact) mass is 672 g/mol. The molecule has 12 heteroatoms. The zero-order chi connectivity index (χ0) is 34.6. The molecule has 0 bridgehead atoms. The number of likely N-dealkylation sites (tertiary alicyclic amines) is 1. The van der Waals surface area contributed by atoms with Crippen molar-refractivity contribution >= 4 is 40.5 Å². The number of anilines is 1. The van der Waals surface area contributed by atoms with Crippen LogP contribution in [-0.2, 0) is 19.1 Å². The van der Waals surface area contributed by atoms with Gasteiger partial charge in [0, 0.05) is 29.1 Å². The fourth-order valence-corrected chi connectivity index (χ4v) is 8.00. The van der Waals surface area contributed by atoms with Crippen LogP contribution in [0.5, 0.6) is 0 Å². The van der Waals surface area contributed by atoms with E-state index in [-0.39, 0.29) is 47.3 Å². The second kappa shape index (κ2) is 15.2. The number of ether oxygens (including phenoxy) is 2. The summed E-state index contributed by atoms with van der Waals surface area (Å²) in [6, 6.07) is 3.40. The number of alkyl halides is 1. The van der Waals surface area contributed by atoms with Crippen molar-refractivity contribution in [2.45, 2.75) is 110 Å². The lowest BCUT2D eigenvalue weighted by molar-refractivity contribution is -0.142. The molecule has 1 aromatic heterocycles. The number of nitrogens with zero attached hydrogens (tertiary/aromatic N) is 1. The Morgan fingerprint density at radius 2 is 1.73 bits per heavy atom. The number of rotatable bonds is 9. The van der Waals surface area contributed by atoms with Crippen molar-refractivity contribution in [3.8, 4) is 0 Å². The number of benzene rings is 1. The fourth-order valence-electron chi connectivity index (χ4n) is 8.00. The van der Waals surface area contributed by atoms with Crippen LogP contribution in [0.1, 0.15) is 102 Å². The molecule has 3 aliphatic rings. The predicted octanol–water partition coefficient (Wildman–Crippen LogP) is 6.89. The van der Waals surface area contributed by atoms with Crippen LogP contribution in [0, 0.1) is 29.5 Å². The van der Waals surface area contributed by atoms with Gasteiger partial charge in [0.1, 0.15) is 18.3 Å². The molecule has 5 rings (SSSR count). The summed E-state index contributed by atoms with van der Waals surface area (Å²) in [6.07, 6.45) is 7.75. The van der Waals surface area contributed by atoms with Gasteiger partial charge in [-0.2, -0.15) is 0 Å². The predicted molar refractivity (Wildman–Crippen MR) is 178 cm³/mol. The van der Waals surface area contributed by atoms with Crippen LogP contribution in [0.25, 0.3) is 10.9 Å². The number of fused-ring (bicyclic) bond motifs is 1. The zero-order valence-electron chi connectivity index (χ0n) is 28.5. The Kier molecular flexibility index (Phi) is 11.3. The number of H-pyrrole nitrogens is 1. The lowest BCUT2D eigenvalue weighted by atomic mass is 9.76. The van der Waals surface area contributed by atoms with Crippen molar-refractivity contribution in [1.82, 2.24) is 15.2 Å². The van der Waals surface area contributed by atoms with Crippen molar-refractivity contribution in [2.24, 2.45) is 23.7 Å². The van der Waals surface area contributed by atoms with Gasteiger partial charge in [-0.1, -0.05) is 32.1 Å². The third-order valence-corrected chi connectivity index (χ3v) is 10.3. The third kappa shape index (κ3) is 8.11. The molecule has 1 aromatic carbocycles. The molecule has 2 aromatic rings. The highest BCUT2D eigenvalue weighted by Gasteiger charge is 2.47. The fraction of sp³-hybridized carbons (Fsp3) is 0.667. The van der Waals surface area contributed by atoms with E-state index in [1.165, 1.54) is 12.5 Å². The third-order valence-electron chi connectivity index (χ3n) is 10.3. The molecule has 1 unspecified atom stereocenters. The average molecular weight is 673 g/mol. The Morgan fingerprint density at radius 3 is 2.38 bits per heavy atom. The van der Waals surface area contributed by atoms with Crippen LogP contribution in [0.3, 0.4) is 0 Å². The molecular weight excluding hydrogens is 622 g/mol. The van der Waals surface area contributed by atoms with Crippen molar-refractivity contribution in [1.29, 1.82) is 0 Å². The summed E-state index contributed by atoms with van der Waals surface area (Å²) in [6.45, 7) is 6.77. The van der Waals surface area contributed by atoms with Gasteiger partial charge < -0.3 is 30.0 Å². The number of alkyl carbamates (subject to hydrolysis) is 1. The van der Waals surface area contributed by atoms with Crippen LogP contribution in [0.2, 0.25) is 0 Å². The molecule has 2 heterocycles. The number of carbonyl (C=O) groups is 4. The standard InChI is InChI=1S/C36H50F2N4O6/c1-5-47-34(45)30-29(38)26-19-24(15-16-27(26)40-30)39-32(43)31-25(21-9-7-6-8-10-21)17-18-42(31)33(44)23-13-11-22(12-14-23)28(20-37)41-35(46)48-36(2,3)4/h15-16,19,21-23,25,28,31,40H,5-14,17-18,20H2,1-4H3,(H,39,43)(H,41,46)/t22?,23?,25-,28?,31-/m0/s1. The van der Waals surface area contributed by atoms with E-state index in [0.717, 1.165) is 32.1 Å². The second-order valence-electron chi connectivity index (χ2n) is 14.6. The Morgan fingerprint density at radius 1 is 1.02 bits per heavy atom. The molecule has 1 saturated heterocycles. The van der Waals surface area contributed by atoms with Gasteiger partial charge >= 0.3 is 12.1 Å². The molecule has 2 aliphatic carbocycles. The Balaban J connectivity index is 1.29. The van der Waals surface area contributed by atoms with E-state index >= 15 is 4.39 Å². The van der Waals surface area contributed by atoms with Crippen LogP contribution in [0.4, 0.5) is 19.3 Å². The Hall–Kier alpha value is -3.70. The summed E-state index contributed by atoms with van der Waals surface area (Å²) in [5.41, 5.74) is -0.189. The summed E-state index contributed by atoms with van der Waals surface area (Å²) in [7, 11) is 0. The highest BCUT2D eigenvalue weighted by atomic mass is 19.1. The minimum absolute atomic E-state index is 0.0164. The summed E-state index contributed by atoms with van der Waals surface area (Å²) in [5.74, 6) is -1.96. The van der Waals surface area contributed by atoms with Gasteiger partial charge in [0.05, 0.1) is 12.6 Å². The zero-order valence-corrected chi connectivity index (χ0v) is 28.5. The largest absolute Gasteiger partial charge is 0.461 e. The molecule has 0 spiro atoms. The average Bonchev–Trinajstić information content (AvgIpc) is 3.65. The molecule has 3 atom stereocenters. The van der Waals surface area contributed by atoms with Crippen molar-refractivity contribution < 1.29 is 37.4 Å². The molecule has 264 valence electrons. The lowest BCUT2D eigenvalue weighted by Crippen LogP contribution is -2.50. The quantitative estimate of drug-likeness (QED) is 0.249. The maximum Gasteiger partial charge on any atom is 0.407 e. The van der Waals surface area contributed by atoms with E-state index < -0.39 is 42.2 Å². The highest BCUT2D eigenvalue weighted by Crippen LogP contribution is 2.41. The molecule has 0 radical (unpaired) electrons. The summed E-state index contributed by atoms with van der Waals surface area (Å²) < 4.78 is 39.5. The molecule has 2 saturated carbocycles. The van der Waals surface area contributed by atoms with Gasteiger partial charge in [-0.3, -0.25) is 9.59 Å². The minimum atomic E-state index is -0.791. The molecule has 3 N–H and O–H groups in total. The van der Waals surface area contributed by atoms with Crippen molar-refractivity contribution in [2.75, 3.05) is 25.1 Å². The highest BCUT2D eigenvalue weighted by molar-refractivity contribution is 6.01. The number of hydrogen-bond acceptors (Lipinski definition) is 6. The number of nitrogens with one attached hydrogen (secondary N) is 3. The van der Waals surface area contributed by atoms with Gasteiger partial charge in [0.15, 0.2) is 11.5 Å². The van der Waals surface area contributed by atoms with E-state index in [9.17, 15) is 23.6 Å². The van der Waals surface area contributed by atoms with E-state index in [0.29, 0.717) is 49.4 Å². The SMILES string of the molecule is CCOC(=O)c1[nH]c2ccc(NC(=O)[C@@H]3[C@H](C4CCCCC4)CCN3C(=O)C3CCC(C(CF)NC(=O)OC(C)(C)C)CC3)cc2c1F.